The molecular formula is C17H18F2N2OS. The maximum absolute atomic E-state index is 13.2. The van der Waals surface area contributed by atoms with Gasteiger partial charge in [0.25, 0.3) is 5.91 Å². The normalized spacial score (nSPS) is 18.2. The summed E-state index contributed by atoms with van der Waals surface area (Å²) in [7, 11) is 0. The van der Waals surface area contributed by atoms with E-state index >= 15 is 0 Å². The molecule has 1 fully saturated rings. The molecule has 3 nitrogen and oxygen atoms in total. The maximum atomic E-state index is 13.2. The van der Waals surface area contributed by atoms with Gasteiger partial charge in [0.05, 0.1) is 5.51 Å². The molecule has 1 saturated heterocycles. The highest BCUT2D eigenvalue weighted by Crippen LogP contribution is 2.23. The zero-order valence-electron chi connectivity index (χ0n) is 12.7. The van der Waals surface area contributed by atoms with Crippen LogP contribution in [-0.2, 0) is 6.42 Å². The van der Waals surface area contributed by atoms with E-state index in [-0.39, 0.29) is 5.91 Å². The van der Waals surface area contributed by atoms with Gasteiger partial charge in [0, 0.05) is 18.5 Å². The van der Waals surface area contributed by atoms with Gasteiger partial charge in [-0.25, -0.2) is 13.8 Å². The van der Waals surface area contributed by atoms with Crippen molar-refractivity contribution in [1.29, 1.82) is 0 Å². The van der Waals surface area contributed by atoms with Crippen molar-refractivity contribution in [3.63, 3.8) is 0 Å². The zero-order chi connectivity index (χ0) is 16.2. The number of likely N-dealkylation sites (tertiary alicyclic amines) is 1. The minimum absolute atomic E-state index is 0.0104. The number of carbonyl (C=O) groups is 1. The molecule has 0 spiro atoms. The van der Waals surface area contributed by atoms with E-state index in [1.165, 1.54) is 23.5 Å². The predicted molar refractivity (Wildman–Crippen MR) is 85.4 cm³/mol. The van der Waals surface area contributed by atoms with Crippen LogP contribution in [0.15, 0.2) is 29.1 Å². The van der Waals surface area contributed by atoms with E-state index in [0.29, 0.717) is 24.6 Å². The van der Waals surface area contributed by atoms with Gasteiger partial charge in [-0.05, 0) is 49.3 Å². The Balaban J connectivity index is 1.56. The number of aryl methyl sites for hydroxylation is 1. The van der Waals surface area contributed by atoms with E-state index < -0.39 is 11.6 Å². The van der Waals surface area contributed by atoms with Crippen LogP contribution < -0.4 is 0 Å². The van der Waals surface area contributed by atoms with Crippen molar-refractivity contribution in [2.45, 2.75) is 25.7 Å². The third-order valence-corrected chi connectivity index (χ3v) is 4.87. The lowest BCUT2D eigenvalue weighted by atomic mass is 9.91. The summed E-state index contributed by atoms with van der Waals surface area (Å²) in [4.78, 5) is 18.3. The minimum atomic E-state index is -0.813. The first kappa shape index (κ1) is 16.1. The lowest BCUT2D eigenvalue weighted by Gasteiger charge is -2.32. The van der Waals surface area contributed by atoms with Crippen molar-refractivity contribution in [3.05, 3.63) is 52.0 Å². The lowest BCUT2D eigenvalue weighted by Crippen LogP contribution is -2.40. The summed E-state index contributed by atoms with van der Waals surface area (Å²) < 4.78 is 26.2. The summed E-state index contributed by atoms with van der Waals surface area (Å²) in [6, 6.07) is 4.05. The molecule has 0 saturated carbocycles. The third-order valence-electron chi connectivity index (χ3n) is 4.28. The van der Waals surface area contributed by atoms with E-state index in [1.807, 2.05) is 4.90 Å². The monoisotopic (exact) mass is 336 g/mol. The topological polar surface area (TPSA) is 33.2 Å². The van der Waals surface area contributed by atoms with Crippen molar-refractivity contribution in [2.24, 2.45) is 5.92 Å². The number of piperidine rings is 1. The highest BCUT2D eigenvalue weighted by Gasteiger charge is 2.25. The molecule has 6 heteroatoms. The molecule has 1 aromatic heterocycles. The Labute approximate surface area is 138 Å². The SMILES string of the molecule is O=C(c1cscn1)N1CCC[C@H](CCc2ccc(F)c(F)c2)C1. The van der Waals surface area contributed by atoms with Gasteiger partial charge in [0.1, 0.15) is 5.69 Å². The smallest absolute Gasteiger partial charge is 0.273 e. The number of thiazole rings is 1. The van der Waals surface area contributed by atoms with E-state index in [9.17, 15) is 13.6 Å². The summed E-state index contributed by atoms with van der Waals surface area (Å²) in [6.45, 7) is 1.47. The molecule has 2 heterocycles. The highest BCUT2D eigenvalue weighted by atomic mass is 32.1. The number of aromatic nitrogens is 1. The van der Waals surface area contributed by atoms with Crippen LogP contribution in [0.25, 0.3) is 0 Å². The van der Waals surface area contributed by atoms with Gasteiger partial charge in [0.15, 0.2) is 11.6 Å². The van der Waals surface area contributed by atoms with Crippen LogP contribution in [-0.4, -0.2) is 28.9 Å². The number of amides is 1. The Morgan fingerprint density at radius 2 is 2.22 bits per heavy atom. The third kappa shape index (κ3) is 3.93. The summed E-state index contributed by atoms with van der Waals surface area (Å²) in [5.41, 5.74) is 2.97. The second kappa shape index (κ2) is 7.17. The number of rotatable bonds is 4. The fraction of sp³-hybridized carbons (Fsp3) is 0.412. The Bertz CT molecular complexity index is 675. The number of hydrogen-bond acceptors (Lipinski definition) is 3. The number of benzene rings is 1. The molecule has 1 aromatic carbocycles. The molecule has 3 rings (SSSR count). The van der Waals surface area contributed by atoms with Crippen LogP contribution in [0.3, 0.4) is 0 Å². The molecule has 1 amide bonds. The van der Waals surface area contributed by atoms with Crippen LogP contribution in [0, 0.1) is 17.6 Å². The van der Waals surface area contributed by atoms with Gasteiger partial charge in [-0.2, -0.15) is 0 Å². The number of halogens is 2. The largest absolute Gasteiger partial charge is 0.337 e. The van der Waals surface area contributed by atoms with Crippen molar-refractivity contribution >= 4 is 17.2 Å². The fourth-order valence-electron chi connectivity index (χ4n) is 3.03. The van der Waals surface area contributed by atoms with Crippen LogP contribution in [0.2, 0.25) is 0 Å². The van der Waals surface area contributed by atoms with Crippen LogP contribution in [0.1, 0.15) is 35.3 Å². The molecular weight excluding hydrogens is 318 g/mol. The second-order valence-corrected chi connectivity index (χ2v) is 6.64. The van der Waals surface area contributed by atoms with Crippen molar-refractivity contribution < 1.29 is 13.6 Å². The molecule has 0 aliphatic carbocycles. The van der Waals surface area contributed by atoms with E-state index in [0.717, 1.165) is 31.4 Å². The zero-order valence-corrected chi connectivity index (χ0v) is 13.5. The number of nitrogens with zero attached hydrogens (tertiary/aromatic N) is 2. The van der Waals surface area contributed by atoms with Gasteiger partial charge < -0.3 is 4.90 Å². The van der Waals surface area contributed by atoms with E-state index in [4.69, 9.17) is 0 Å². The van der Waals surface area contributed by atoms with Crippen molar-refractivity contribution in [1.82, 2.24) is 9.88 Å². The predicted octanol–water partition coefficient (Wildman–Crippen LogP) is 3.91. The summed E-state index contributed by atoms with van der Waals surface area (Å²) in [5.74, 6) is -1.24. The van der Waals surface area contributed by atoms with E-state index in [1.54, 1.807) is 17.0 Å². The highest BCUT2D eigenvalue weighted by molar-refractivity contribution is 7.07. The Kier molecular flexibility index (Phi) is 5.00. The van der Waals surface area contributed by atoms with Crippen LogP contribution in [0.5, 0.6) is 0 Å². The molecule has 23 heavy (non-hydrogen) atoms. The first-order valence-corrected chi connectivity index (χ1v) is 8.69. The molecule has 122 valence electrons. The first-order valence-electron chi connectivity index (χ1n) is 7.75. The standard InChI is InChI=1S/C17H18F2N2OS/c18-14-6-5-12(8-15(14)19)3-4-13-2-1-7-21(9-13)17(22)16-10-23-11-20-16/h5-6,8,10-11,13H,1-4,7,9H2/t13-/m1/s1. The van der Waals surface area contributed by atoms with Crippen molar-refractivity contribution in [3.8, 4) is 0 Å². The van der Waals surface area contributed by atoms with Gasteiger partial charge in [-0.1, -0.05) is 6.07 Å². The molecule has 2 aromatic rings. The van der Waals surface area contributed by atoms with Gasteiger partial charge in [-0.3, -0.25) is 4.79 Å². The first-order chi connectivity index (χ1) is 11.1. The molecule has 1 aliphatic heterocycles. The summed E-state index contributed by atoms with van der Waals surface area (Å²) >= 11 is 1.42. The Morgan fingerprint density at radius 3 is 2.96 bits per heavy atom. The molecule has 0 radical (unpaired) electrons. The van der Waals surface area contributed by atoms with Gasteiger partial charge in [0.2, 0.25) is 0 Å². The molecule has 0 bridgehead atoms. The van der Waals surface area contributed by atoms with Crippen LogP contribution >= 0.6 is 11.3 Å². The molecule has 0 N–H and O–H groups in total. The molecule has 0 unspecified atom stereocenters. The molecule has 1 atom stereocenters. The fourth-order valence-corrected chi connectivity index (χ4v) is 3.56. The minimum Gasteiger partial charge on any atom is -0.337 e. The summed E-state index contributed by atoms with van der Waals surface area (Å²) in [5, 5.41) is 1.77. The lowest BCUT2D eigenvalue weighted by molar-refractivity contribution is 0.0663. The van der Waals surface area contributed by atoms with E-state index in [2.05, 4.69) is 4.98 Å². The average Bonchev–Trinajstić information content (AvgIpc) is 3.10. The van der Waals surface area contributed by atoms with Gasteiger partial charge >= 0.3 is 0 Å². The number of carbonyl (C=O) groups excluding carboxylic acids is 1. The average molecular weight is 336 g/mol. The number of hydrogen-bond donors (Lipinski definition) is 0. The quantitative estimate of drug-likeness (QED) is 0.848. The van der Waals surface area contributed by atoms with Crippen LogP contribution in [0.4, 0.5) is 8.78 Å². The summed E-state index contributed by atoms with van der Waals surface area (Å²) in [6.07, 6.45) is 3.59. The molecule has 1 aliphatic rings. The van der Waals surface area contributed by atoms with Gasteiger partial charge in [-0.15, -0.1) is 11.3 Å². The Hall–Kier alpha value is -1.82. The second-order valence-electron chi connectivity index (χ2n) is 5.92. The maximum Gasteiger partial charge on any atom is 0.273 e. The Morgan fingerprint density at radius 1 is 1.35 bits per heavy atom. The van der Waals surface area contributed by atoms with Crippen molar-refractivity contribution in [2.75, 3.05) is 13.1 Å².